The second-order valence-electron chi connectivity index (χ2n) is 6.76. The number of H-pyrrole nitrogens is 1. The maximum Gasteiger partial charge on any atom is 0.289 e. The van der Waals surface area contributed by atoms with Gasteiger partial charge in [0.25, 0.3) is 5.91 Å². The van der Waals surface area contributed by atoms with Gasteiger partial charge in [-0.25, -0.2) is 0 Å². The van der Waals surface area contributed by atoms with Crippen molar-refractivity contribution in [3.05, 3.63) is 59.7 Å². The van der Waals surface area contributed by atoms with E-state index < -0.39 is 0 Å². The molecule has 1 saturated heterocycles. The number of hydrogen-bond acceptors (Lipinski definition) is 3. The van der Waals surface area contributed by atoms with Gasteiger partial charge in [0.05, 0.1) is 6.26 Å². The number of carbonyl (C=O) groups excluding carboxylic acids is 1. The number of amides is 1. The number of rotatable bonds is 3. The molecule has 25 heavy (non-hydrogen) atoms. The van der Waals surface area contributed by atoms with Crippen LogP contribution in [0.1, 0.15) is 28.1 Å². The van der Waals surface area contributed by atoms with Crippen molar-refractivity contribution in [1.82, 2.24) is 14.8 Å². The van der Waals surface area contributed by atoms with Gasteiger partial charge in [0.1, 0.15) is 0 Å². The maximum atomic E-state index is 12.5. The number of carbonyl (C=O) groups is 1. The molecule has 2 aromatic heterocycles. The standard InChI is InChI=1S/C20H23N3O2/c1-15-5-6-18-17(12-15)16(13-21-18)14-22-7-3-8-23(10-9-22)20(24)19-4-2-11-25-19/h2,4-6,11-13,21H,3,7-10,14H2,1H3. The fourth-order valence-corrected chi connectivity index (χ4v) is 3.55. The molecule has 0 atom stereocenters. The Kier molecular flexibility index (Phi) is 4.32. The zero-order valence-electron chi connectivity index (χ0n) is 14.5. The van der Waals surface area contributed by atoms with Gasteiger partial charge in [-0.15, -0.1) is 0 Å². The van der Waals surface area contributed by atoms with Gasteiger partial charge in [-0.05, 0) is 43.2 Å². The molecule has 0 unspecified atom stereocenters. The maximum absolute atomic E-state index is 12.5. The van der Waals surface area contributed by atoms with Crippen LogP contribution in [0.2, 0.25) is 0 Å². The first-order chi connectivity index (χ1) is 12.2. The average molecular weight is 337 g/mol. The fraction of sp³-hybridized carbons (Fsp3) is 0.350. The highest BCUT2D eigenvalue weighted by atomic mass is 16.3. The Morgan fingerprint density at radius 3 is 2.96 bits per heavy atom. The summed E-state index contributed by atoms with van der Waals surface area (Å²) in [5, 5.41) is 1.30. The topological polar surface area (TPSA) is 52.5 Å². The van der Waals surface area contributed by atoms with Gasteiger partial charge in [-0.2, -0.15) is 0 Å². The second kappa shape index (κ2) is 6.76. The van der Waals surface area contributed by atoms with Gasteiger partial charge in [-0.1, -0.05) is 11.6 Å². The second-order valence-corrected chi connectivity index (χ2v) is 6.76. The Labute approximate surface area is 147 Å². The van der Waals surface area contributed by atoms with E-state index >= 15 is 0 Å². The SMILES string of the molecule is Cc1ccc2[nH]cc(CN3CCCN(C(=O)c4ccco4)CC3)c2c1. The lowest BCUT2D eigenvalue weighted by atomic mass is 10.1. The highest BCUT2D eigenvalue weighted by Crippen LogP contribution is 2.22. The van der Waals surface area contributed by atoms with Crippen LogP contribution in [-0.2, 0) is 6.54 Å². The van der Waals surface area contributed by atoms with Crippen molar-refractivity contribution in [2.45, 2.75) is 19.9 Å². The summed E-state index contributed by atoms with van der Waals surface area (Å²) in [5.41, 5.74) is 3.79. The molecule has 1 fully saturated rings. The lowest BCUT2D eigenvalue weighted by molar-refractivity contribution is 0.0729. The van der Waals surface area contributed by atoms with Gasteiger partial charge < -0.3 is 14.3 Å². The molecule has 0 saturated carbocycles. The normalized spacial score (nSPS) is 16.3. The number of nitrogens with zero attached hydrogens (tertiary/aromatic N) is 2. The van der Waals surface area contributed by atoms with Crippen LogP contribution in [0.5, 0.6) is 0 Å². The summed E-state index contributed by atoms with van der Waals surface area (Å²) in [7, 11) is 0. The third-order valence-electron chi connectivity index (χ3n) is 4.92. The lowest BCUT2D eigenvalue weighted by Gasteiger charge is -2.21. The first kappa shape index (κ1) is 16.0. The summed E-state index contributed by atoms with van der Waals surface area (Å²) < 4.78 is 5.25. The third kappa shape index (κ3) is 3.33. The van der Waals surface area contributed by atoms with Crippen molar-refractivity contribution in [3.63, 3.8) is 0 Å². The number of nitrogens with one attached hydrogen (secondary N) is 1. The quantitative estimate of drug-likeness (QED) is 0.797. The van der Waals surface area contributed by atoms with Gasteiger partial charge in [0, 0.05) is 49.8 Å². The monoisotopic (exact) mass is 337 g/mol. The largest absolute Gasteiger partial charge is 0.459 e. The minimum atomic E-state index is -0.00503. The van der Waals surface area contributed by atoms with E-state index in [1.807, 2.05) is 4.90 Å². The van der Waals surface area contributed by atoms with Crippen LogP contribution in [0.4, 0.5) is 0 Å². The van der Waals surface area contributed by atoms with Crippen molar-refractivity contribution < 1.29 is 9.21 Å². The summed E-state index contributed by atoms with van der Waals surface area (Å²) in [5.74, 6) is 0.426. The number of aryl methyl sites for hydroxylation is 1. The summed E-state index contributed by atoms with van der Waals surface area (Å²) in [6.45, 7) is 6.43. The molecule has 1 N–H and O–H groups in total. The summed E-state index contributed by atoms with van der Waals surface area (Å²) in [4.78, 5) is 20.2. The van der Waals surface area contributed by atoms with E-state index in [1.165, 1.54) is 22.0 Å². The smallest absolute Gasteiger partial charge is 0.289 e. The van der Waals surface area contributed by atoms with E-state index in [2.05, 4.69) is 41.2 Å². The highest BCUT2D eigenvalue weighted by molar-refractivity contribution is 5.91. The van der Waals surface area contributed by atoms with Crippen molar-refractivity contribution in [2.24, 2.45) is 0 Å². The van der Waals surface area contributed by atoms with Gasteiger partial charge in [0.15, 0.2) is 5.76 Å². The first-order valence-electron chi connectivity index (χ1n) is 8.82. The number of hydrogen-bond donors (Lipinski definition) is 1. The molecule has 4 rings (SSSR count). The fourth-order valence-electron chi connectivity index (χ4n) is 3.55. The van der Waals surface area contributed by atoms with Crippen molar-refractivity contribution in [1.29, 1.82) is 0 Å². The zero-order chi connectivity index (χ0) is 17.2. The van der Waals surface area contributed by atoms with Gasteiger partial charge in [-0.3, -0.25) is 9.69 Å². The van der Waals surface area contributed by atoms with Crippen molar-refractivity contribution in [2.75, 3.05) is 26.2 Å². The summed E-state index contributed by atoms with van der Waals surface area (Å²) >= 11 is 0. The number of furan rings is 1. The minimum Gasteiger partial charge on any atom is -0.459 e. The predicted molar refractivity (Wildman–Crippen MR) is 97.5 cm³/mol. The molecule has 5 heteroatoms. The Morgan fingerprint density at radius 2 is 2.12 bits per heavy atom. The summed E-state index contributed by atoms with van der Waals surface area (Å²) in [6, 6.07) is 10.0. The van der Waals surface area contributed by atoms with Gasteiger partial charge in [0.2, 0.25) is 0 Å². The van der Waals surface area contributed by atoms with E-state index in [0.29, 0.717) is 5.76 Å². The molecule has 0 radical (unpaired) electrons. The van der Waals surface area contributed by atoms with Gasteiger partial charge >= 0.3 is 0 Å². The Hall–Kier alpha value is -2.53. The molecular weight excluding hydrogens is 314 g/mol. The van der Waals surface area contributed by atoms with E-state index in [0.717, 1.165) is 39.1 Å². The number of aromatic amines is 1. The van der Waals surface area contributed by atoms with Crippen LogP contribution >= 0.6 is 0 Å². The highest BCUT2D eigenvalue weighted by Gasteiger charge is 2.22. The lowest BCUT2D eigenvalue weighted by Crippen LogP contribution is -2.34. The van der Waals surface area contributed by atoms with Crippen molar-refractivity contribution in [3.8, 4) is 0 Å². The molecule has 1 aliphatic rings. The number of aromatic nitrogens is 1. The van der Waals surface area contributed by atoms with E-state index in [1.54, 1.807) is 18.4 Å². The summed E-state index contributed by atoms with van der Waals surface area (Å²) in [6.07, 6.45) is 4.64. The molecule has 130 valence electrons. The Balaban J connectivity index is 1.44. The molecule has 1 aromatic carbocycles. The molecule has 5 nitrogen and oxygen atoms in total. The van der Waals surface area contributed by atoms with Crippen molar-refractivity contribution >= 4 is 16.8 Å². The zero-order valence-corrected chi connectivity index (χ0v) is 14.5. The molecule has 3 aromatic rings. The van der Waals surface area contributed by atoms with Crippen LogP contribution in [-0.4, -0.2) is 46.9 Å². The molecule has 0 spiro atoms. The number of fused-ring (bicyclic) bond motifs is 1. The Morgan fingerprint density at radius 1 is 1.20 bits per heavy atom. The first-order valence-corrected chi connectivity index (χ1v) is 8.82. The Bertz CT molecular complexity index is 866. The van der Waals surface area contributed by atoms with Crippen LogP contribution in [0.25, 0.3) is 10.9 Å². The molecule has 1 aliphatic heterocycles. The molecule has 0 aliphatic carbocycles. The third-order valence-corrected chi connectivity index (χ3v) is 4.92. The van der Waals surface area contributed by atoms with Crippen LogP contribution in [0.15, 0.2) is 47.2 Å². The van der Waals surface area contributed by atoms with E-state index in [9.17, 15) is 4.79 Å². The molecular formula is C20H23N3O2. The number of benzene rings is 1. The predicted octanol–water partition coefficient (Wildman–Crippen LogP) is 3.42. The van der Waals surface area contributed by atoms with Crippen LogP contribution in [0.3, 0.4) is 0 Å². The molecule has 3 heterocycles. The molecule has 0 bridgehead atoms. The average Bonchev–Trinajstić information content (AvgIpc) is 3.21. The van der Waals surface area contributed by atoms with E-state index in [4.69, 9.17) is 4.42 Å². The van der Waals surface area contributed by atoms with Crippen LogP contribution in [0, 0.1) is 6.92 Å². The van der Waals surface area contributed by atoms with Crippen LogP contribution < -0.4 is 0 Å². The minimum absolute atomic E-state index is 0.00503. The van der Waals surface area contributed by atoms with E-state index in [-0.39, 0.29) is 5.91 Å². The molecule has 1 amide bonds.